The van der Waals surface area contributed by atoms with Crippen LogP contribution >= 0.6 is 0 Å². The molecule has 1 aliphatic rings. The van der Waals surface area contributed by atoms with Gasteiger partial charge in [0.15, 0.2) is 0 Å². The number of aliphatic carboxylic acids is 1. The van der Waals surface area contributed by atoms with Crippen LogP contribution in [-0.4, -0.2) is 76.7 Å². The fourth-order valence-corrected chi connectivity index (χ4v) is 2.58. The second-order valence-corrected chi connectivity index (χ2v) is 7.05. The average molecular weight is 359 g/mol. The van der Waals surface area contributed by atoms with E-state index in [1.54, 1.807) is 20.8 Å². The Balaban J connectivity index is 2.84. The molecular weight excluding hydrogens is 334 g/mol. The molecule has 1 saturated heterocycles. The van der Waals surface area contributed by atoms with Crippen molar-refractivity contribution in [2.45, 2.75) is 45.4 Å². The number of β-amino-alcohol motifs (C(OH)–C–C–N with tert-alkyl or cyclic N) is 1. The molecule has 1 rings (SSSR count). The number of hydrogen-bond acceptors (Lipinski definition) is 6. The van der Waals surface area contributed by atoms with E-state index >= 15 is 0 Å². The Labute approximate surface area is 145 Å². The molecule has 3 amide bonds. The van der Waals surface area contributed by atoms with Gasteiger partial charge < -0.3 is 30.9 Å². The van der Waals surface area contributed by atoms with Crippen LogP contribution < -0.4 is 11.1 Å². The number of nitrogens with one attached hydrogen (secondary N) is 1. The van der Waals surface area contributed by atoms with Crippen LogP contribution in [0.1, 0.15) is 27.2 Å². The first-order chi connectivity index (χ1) is 11.4. The molecule has 0 aliphatic carbocycles. The summed E-state index contributed by atoms with van der Waals surface area (Å²) in [5.41, 5.74) is 4.59. The highest BCUT2D eigenvalue weighted by Gasteiger charge is 2.43. The summed E-state index contributed by atoms with van der Waals surface area (Å²) in [5.74, 6) is -3.15. The zero-order valence-electron chi connectivity index (χ0n) is 14.5. The Morgan fingerprint density at radius 2 is 1.88 bits per heavy atom. The van der Waals surface area contributed by atoms with Gasteiger partial charge in [0.05, 0.1) is 6.10 Å². The van der Waals surface area contributed by atoms with Gasteiger partial charge in [0.25, 0.3) is 0 Å². The Bertz CT molecular complexity index is 544. The monoisotopic (exact) mass is 359 g/mol. The van der Waals surface area contributed by atoms with Crippen LogP contribution in [0.15, 0.2) is 0 Å². The van der Waals surface area contributed by atoms with E-state index in [4.69, 9.17) is 15.6 Å². The minimum absolute atomic E-state index is 0.0492. The number of carbonyl (C=O) groups is 4. The van der Waals surface area contributed by atoms with E-state index in [2.05, 4.69) is 5.32 Å². The third-order valence-corrected chi connectivity index (χ3v) is 3.77. The van der Waals surface area contributed by atoms with E-state index in [0.717, 1.165) is 0 Å². The summed E-state index contributed by atoms with van der Waals surface area (Å²) < 4.78 is 4.70. The predicted molar refractivity (Wildman–Crippen MR) is 85.2 cm³/mol. The lowest BCUT2D eigenvalue weighted by Gasteiger charge is -2.35. The average Bonchev–Trinajstić information content (AvgIpc) is 2.84. The maximum atomic E-state index is 12.8. The van der Waals surface area contributed by atoms with Crippen molar-refractivity contribution >= 4 is 23.7 Å². The largest absolute Gasteiger partial charge is 0.480 e. The predicted octanol–water partition coefficient (Wildman–Crippen LogP) is -1.93. The minimum atomic E-state index is -1.22. The number of nitrogens with zero attached hydrogens (tertiary/aromatic N) is 1. The molecule has 10 heteroatoms. The first kappa shape index (κ1) is 20.8. The summed E-state index contributed by atoms with van der Waals surface area (Å²) in [6.45, 7) is 3.96. The van der Waals surface area contributed by atoms with E-state index in [1.807, 2.05) is 0 Å². The van der Waals surface area contributed by atoms with Crippen LogP contribution in [-0.2, 0) is 23.9 Å². The molecule has 0 radical (unpaired) electrons. The van der Waals surface area contributed by atoms with Gasteiger partial charge in [-0.15, -0.1) is 0 Å². The fraction of sp³-hybridized carbons (Fsp3) is 0.733. The van der Waals surface area contributed by atoms with Crippen molar-refractivity contribution < 1.29 is 34.1 Å². The number of carbonyl (C=O) groups excluding carboxylic acids is 3. The molecule has 1 aliphatic heterocycles. The molecule has 0 aromatic carbocycles. The lowest BCUT2D eigenvalue weighted by atomic mass is 9.85. The van der Waals surface area contributed by atoms with Gasteiger partial charge in [-0.25, -0.2) is 4.79 Å². The maximum absolute atomic E-state index is 12.8. The summed E-state index contributed by atoms with van der Waals surface area (Å²) in [7, 11) is 0. The molecule has 0 bridgehead atoms. The minimum Gasteiger partial charge on any atom is -0.480 e. The molecule has 1 heterocycles. The summed E-state index contributed by atoms with van der Waals surface area (Å²) >= 11 is 0. The van der Waals surface area contributed by atoms with E-state index in [-0.39, 0.29) is 13.0 Å². The molecule has 0 aromatic heterocycles. The number of likely N-dealkylation sites (tertiary alicyclic amines) is 1. The van der Waals surface area contributed by atoms with Gasteiger partial charge in [0, 0.05) is 13.0 Å². The first-order valence-corrected chi connectivity index (χ1v) is 7.80. The molecule has 142 valence electrons. The summed E-state index contributed by atoms with van der Waals surface area (Å²) in [4.78, 5) is 47.8. The van der Waals surface area contributed by atoms with E-state index in [9.17, 15) is 24.3 Å². The van der Waals surface area contributed by atoms with Crippen molar-refractivity contribution in [1.82, 2.24) is 10.2 Å². The standard InChI is InChI=1S/C15H25N3O7/c1-15(2,3)12(17-10(20)6-25-7-11(21)22)14(24)18-5-8(19)4-9(18)13(16)23/h8-9,12,19H,4-7H2,1-3H3,(H2,16,23)(H,17,20)(H,21,22)/t8-,9+,12-/m1/s1. The van der Waals surface area contributed by atoms with Gasteiger partial charge >= 0.3 is 5.97 Å². The summed E-state index contributed by atoms with van der Waals surface area (Å²) in [6, 6.07) is -1.94. The number of carboxylic acid groups (broad SMARTS) is 1. The van der Waals surface area contributed by atoms with Crippen LogP contribution in [0.25, 0.3) is 0 Å². The van der Waals surface area contributed by atoms with Crippen LogP contribution in [0.2, 0.25) is 0 Å². The number of rotatable bonds is 7. The Hall–Kier alpha value is -2.20. The van der Waals surface area contributed by atoms with Crippen LogP contribution in [0.4, 0.5) is 0 Å². The number of primary amides is 1. The zero-order chi connectivity index (χ0) is 19.4. The van der Waals surface area contributed by atoms with Crippen molar-refractivity contribution in [3.05, 3.63) is 0 Å². The molecule has 0 spiro atoms. The van der Waals surface area contributed by atoms with Gasteiger partial charge in [0.1, 0.15) is 25.3 Å². The molecule has 25 heavy (non-hydrogen) atoms. The number of ether oxygens (including phenoxy) is 1. The highest BCUT2D eigenvalue weighted by atomic mass is 16.5. The number of amides is 3. The second-order valence-electron chi connectivity index (χ2n) is 7.05. The zero-order valence-corrected chi connectivity index (χ0v) is 14.5. The highest BCUT2D eigenvalue weighted by Crippen LogP contribution is 2.25. The summed E-state index contributed by atoms with van der Waals surface area (Å²) in [5, 5.41) is 20.7. The molecule has 0 aromatic rings. The Morgan fingerprint density at radius 3 is 2.36 bits per heavy atom. The number of aliphatic hydroxyl groups excluding tert-OH is 1. The Kier molecular flexibility index (Phi) is 6.88. The molecule has 10 nitrogen and oxygen atoms in total. The maximum Gasteiger partial charge on any atom is 0.329 e. The Morgan fingerprint density at radius 1 is 1.28 bits per heavy atom. The number of carboxylic acids is 1. The SMILES string of the molecule is CC(C)(C)[C@H](NC(=O)COCC(=O)O)C(=O)N1C[C@H](O)C[C@H]1C(N)=O. The van der Waals surface area contributed by atoms with Crippen LogP contribution in [0, 0.1) is 5.41 Å². The van der Waals surface area contributed by atoms with E-state index < -0.39 is 60.5 Å². The van der Waals surface area contributed by atoms with Crippen molar-refractivity contribution in [2.24, 2.45) is 11.1 Å². The topological polar surface area (TPSA) is 159 Å². The normalized spacial score (nSPS) is 21.7. The van der Waals surface area contributed by atoms with Gasteiger partial charge in [-0.3, -0.25) is 14.4 Å². The molecule has 5 N–H and O–H groups in total. The molecule has 0 unspecified atom stereocenters. The third kappa shape index (κ3) is 5.98. The smallest absolute Gasteiger partial charge is 0.329 e. The van der Waals surface area contributed by atoms with Crippen molar-refractivity contribution in [2.75, 3.05) is 19.8 Å². The second kappa shape index (κ2) is 8.26. The summed E-state index contributed by atoms with van der Waals surface area (Å²) in [6.07, 6.45) is -0.815. The van der Waals surface area contributed by atoms with Crippen molar-refractivity contribution in [1.29, 1.82) is 0 Å². The van der Waals surface area contributed by atoms with Crippen LogP contribution in [0.3, 0.4) is 0 Å². The molecule has 3 atom stereocenters. The van der Waals surface area contributed by atoms with Gasteiger partial charge in [-0.2, -0.15) is 0 Å². The van der Waals surface area contributed by atoms with Crippen molar-refractivity contribution in [3.63, 3.8) is 0 Å². The first-order valence-electron chi connectivity index (χ1n) is 7.80. The molecule has 1 fully saturated rings. The quantitative estimate of drug-likeness (QED) is 0.411. The highest BCUT2D eigenvalue weighted by molar-refractivity contribution is 5.93. The molecular formula is C15H25N3O7. The number of nitrogens with two attached hydrogens (primary N) is 1. The molecule has 0 saturated carbocycles. The van der Waals surface area contributed by atoms with E-state index in [0.29, 0.717) is 0 Å². The third-order valence-electron chi connectivity index (χ3n) is 3.77. The lowest BCUT2D eigenvalue weighted by molar-refractivity contribution is -0.146. The lowest BCUT2D eigenvalue weighted by Crippen LogP contribution is -2.57. The number of hydrogen-bond donors (Lipinski definition) is 4. The van der Waals surface area contributed by atoms with Gasteiger partial charge in [0.2, 0.25) is 17.7 Å². The van der Waals surface area contributed by atoms with Crippen LogP contribution in [0.5, 0.6) is 0 Å². The number of aliphatic hydroxyl groups is 1. The van der Waals surface area contributed by atoms with E-state index in [1.165, 1.54) is 4.90 Å². The van der Waals surface area contributed by atoms with Gasteiger partial charge in [-0.05, 0) is 5.41 Å². The van der Waals surface area contributed by atoms with Crippen molar-refractivity contribution in [3.8, 4) is 0 Å². The fourth-order valence-electron chi connectivity index (χ4n) is 2.58. The van der Waals surface area contributed by atoms with Gasteiger partial charge in [-0.1, -0.05) is 20.8 Å².